The highest BCUT2D eigenvalue weighted by Gasteiger charge is 2.32. The molecule has 1 aliphatic rings. The Kier molecular flexibility index (Phi) is 5.24. The number of ether oxygens (including phenoxy) is 2. The van der Waals surface area contributed by atoms with Gasteiger partial charge in [-0.3, -0.25) is 4.79 Å². The van der Waals surface area contributed by atoms with Gasteiger partial charge in [-0.1, -0.05) is 12.1 Å². The number of nitrogens with zero attached hydrogens (tertiary/aromatic N) is 2. The highest BCUT2D eigenvalue weighted by Crippen LogP contribution is 2.34. The molecule has 2 aromatic rings. The molecule has 0 aliphatic carbocycles. The summed E-state index contributed by atoms with van der Waals surface area (Å²) in [4.78, 5) is 12.2. The van der Waals surface area contributed by atoms with E-state index in [1.54, 1.807) is 14.2 Å². The van der Waals surface area contributed by atoms with Crippen molar-refractivity contribution >= 4 is 23.2 Å². The summed E-state index contributed by atoms with van der Waals surface area (Å²) in [5.41, 5.74) is 2.80. The predicted octanol–water partition coefficient (Wildman–Crippen LogP) is 3.62. The van der Waals surface area contributed by atoms with Crippen molar-refractivity contribution in [1.82, 2.24) is 5.01 Å². The zero-order valence-corrected chi connectivity index (χ0v) is 14.9. The lowest BCUT2D eigenvalue weighted by atomic mass is 9.98. The minimum absolute atomic E-state index is 0.105. The lowest BCUT2D eigenvalue weighted by molar-refractivity contribution is -0.130. The molecule has 0 saturated heterocycles. The Morgan fingerprint density at radius 2 is 1.64 bits per heavy atom. The molecule has 130 valence electrons. The highest BCUT2D eigenvalue weighted by atomic mass is 35.5. The van der Waals surface area contributed by atoms with Crippen LogP contribution in [-0.2, 0) is 4.79 Å². The molecule has 0 bridgehead atoms. The molecule has 1 heterocycles. The van der Waals surface area contributed by atoms with E-state index in [4.69, 9.17) is 21.1 Å². The number of rotatable bonds is 5. The molecule has 0 aromatic heterocycles. The molecular formula is C19H19ClN2O3. The van der Waals surface area contributed by atoms with Gasteiger partial charge in [-0.05, 0) is 47.5 Å². The van der Waals surface area contributed by atoms with E-state index < -0.39 is 0 Å². The van der Waals surface area contributed by atoms with Gasteiger partial charge in [-0.15, -0.1) is 11.6 Å². The summed E-state index contributed by atoms with van der Waals surface area (Å²) in [5, 5.41) is 6.01. The summed E-state index contributed by atoms with van der Waals surface area (Å²) >= 11 is 5.77. The molecule has 1 unspecified atom stereocenters. The molecule has 0 fully saturated rings. The summed E-state index contributed by atoms with van der Waals surface area (Å²) in [6.45, 7) is 0. The van der Waals surface area contributed by atoms with E-state index >= 15 is 0 Å². The highest BCUT2D eigenvalue weighted by molar-refractivity contribution is 6.27. The third kappa shape index (κ3) is 3.61. The third-order valence-electron chi connectivity index (χ3n) is 4.20. The number of halogens is 1. The van der Waals surface area contributed by atoms with Gasteiger partial charge in [0.15, 0.2) is 0 Å². The fourth-order valence-corrected chi connectivity index (χ4v) is 2.97. The Hall–Kier alpha value is -2.53. The fourth-order valence-electron chi connectivity index (χ4n) is 2.85. The molecule has 1 atom stereocenters. The van der Waals surface area contributed by atoms with Crippen LogP contribution in [0.1, 0.15) is 23.6 Å². The molecule has 1 amide bonds. The number of methoxy groups -OCH3 is 2. The average molecular weight is 359 g/mol. The van der Waals surface area contributed by atoms with Crippen LogP contribution in [0.4, 0.5) is 0 Å². The Morgan fingerprint density at radius 1 is 1.08 bits per heavy atom. The molecule has 0 saturated carbocycles. The standard InChI is InChI=1S/C19H19ClN2O3/c1-24-15-7-3-13(4-8-15)17-11-18(22(21-17)19(23)12-20)14-5-9-16(25-2)10-6-14/h3-10,18H,11-12H2,1-2H3. The van der Waals surface area contributed by atoms with Gasteiger partial charge in [0.2, 0.25) is 0 Å². The molecule has 25 heavy (non-hydrogen) atoms. The predicted molar refractivity (Wildman–Crippen MR) is 97.4 cm³/mol. The van der Waals surface area contributed by atoms with Gasteiger partial charge in [0.05, 0.1) is 26.0 Å². The van der Waals surface area contributed by atoms with Crippen LogP contribution in [0.5, 0.6) is 11.5 Å². The van der Waals surface area contributed by atoms with E-state index in [1.807, 2.05) is 48.5 Å². The van der Waals surface area contributed by atoms with Gasteiger partial charge in [0.1, 0.15) is 17.4 Å². The number of hydrazone groups is 1. The van der Waals surface area contributed by atoms with Crippen LogP contribution in [0.2, 0.25) is 0 Å². The minimum atomic E-state index is -0.217. The van der Waals surface area contributed by atoms with Crippen LogP contribution in [0, 0.1) is 0 Å². The Balaban J connectivity index is 1.89. The van der Waals surface area contributed by atoms with Gasteiger partial charge in [-0.2, -0.15) is 5.10 Å². The molecule has 0 spiro atoms. The molecular weight excluding hydrogens is 340 g/mol. The van der Waals surface area contributed by atoms with Crippen molar-refractivity contribution < 1.29 is 14.3 Å². The van der Waals surface area contributed by atoms with Gasteiger partial charge in [-0.25, -0.2) is 5.01 Å². The maximum Gasteiger partial charge on any atom is 0.258 e. The molecule has 6 heteroatoms. The zero-order valence-electron chi connectivity index (χ0n) is 14.1. The fraction of sp³-hybridized carbons (Fsp3) is 0.263. The van der Waals surface area contributed by atoms with E-state index in [2.05, 4.69) is 5.10 Å². The third-order valence-corrected chi connectivity index (χ3v) is 4.43. The molecule has 1 aliphatic heterocycles. The quantitative estimate of drug-likeness (QED) is 0.767. The van der Waals surface area contributed by atoms with Crippen molar-refractivity contribution in [2.45, 2.75) is 12.5 Å². The van der Waals surface area contributed by atoms with E-state index in [0.717, 1.165) is 28.3 Å². The van der Waals surface area contributed by atoms with E-state index in [9.17, 15) is 4.79 Å². The number of hydrogen-bond acceptors (Lipinski definition) is 4. The number of carbonyl (C=O) groups excluding carboxylic acids is 1. The number of carbonyl (C=O) groups is 1. The van der Waals surface area contributed by atoms with Crippen LogP contribution >= 0.6 is 11.6 Å². The van der Waals surface area contributed by atoms with Crippen molar-refractivity contribution in [2.75, 3.05) is 20.1 Å². The molecule has 3 rings (SSSR count). The summed E-state index contributed by atoms with van der Waals surface area (Å²) in [5.74, 6) is 1.23. The van der Waals surface area contributed by atoms with Crippen molar-refractivity contribution in [1.29, 1.82) is 0 Å². The lowest BCUT2D eigenvalue weighted by Crippen LogP contribution is -2.27. The number of amides is 1. The first-order valence-electron chi connectivity index (χ1n) is 7.90. The second-order valence-corrected chi connectivity index (χ2v) is 5.91. The van der Waals surface area contributed by atoms with Crippen molar-refractivity contribution in [2.24, 2.45) is 5.10 Å². The lowest BCUT2D eigenvalue weighted by Gasteiger charge is -2.21. The smallest absolute Gasteiger partial charge is 0.258 e. The SMILES string of the molecule is COc1ccc(C2=NN(C(=O)CCl)C(c3ccc(OC)cc3)C2)cc1. The van der Waals surface area contributed by atoms with Crippen LogP contribution in [0.15, 0.2) is 53.6 Å². The monoisotopic (exact) mass is 358 g/mol. The zero-order chi connectivity index (χ0) is 17.8. The largest absolute Gasteiger partial charge is 0.497 e. The topological polar surface area (TPSA) is 51.1 Å². The first-order valence-corrected chi connectivity index (χ1v) is 8.43. The molecule has 0 radical (unpaired) electrons. The maximum atomic E-state index is 12.2. The van der Waals surface area contributed by atoms with Gasteiger partial charge >= 0.3 is 0 Å². The Bertz CT molecular complexity index is 772. The van der Waals surface area contributed by atoms with E-state index in [1.165, 1.54) is 5.01 Å². The summed E-state index contributed by atoms with van der Waals surface area (Å²) in [7, 11) is 3.25. The normalized spacial score (nSPS) is 16.5. The van der Waals surface area contributed by atoms with Crippen molar-refractivity contribution in [3.63, 3.8) is 0 Å². The summed E-state index contributed by atoms with van der Waals surface area (Å²) < 4.78 is 10.4. The molecule has 5 nitrogen and oxygen atoms in total. The van der Waals surface area contributed by atoms with Crippen LogP contribution in [0.25, 0.3) is 0 Å². The van der Waals surface area contributed by atoms with Gasteiger partial charge in [0.25, 0.3) is 5.91 Å². The van der Waals surface area contributed by atoms with Crippen LogP contribution < -0.4 is 9.47 Å². The Labute approximate surface area is 151 Å². The maximum absolute atomic E-state index is 12.2. The van der Waals surface area contributed by atoms with Crippen molar-refractivity contribution in [3.05, 3.63) is 59.7 Å². The number of benzene rings is 2. The van der Waals surface area contributed by atoms with Crippen LogP contribution in [-0.4, -0.2) is 36.7 Å². The first-order chi connectivity index (χ1) is 12.2. The molecule has 0 N–H and O–H groups in total. The van der Waals surface area contributed by atoms with E-state index in [-0.39, 0.29) is 17.8 Å². The second kappa shape index (κ2) is 7.57. The number of hydrogen-bond donors (Lipinski definition) is 0. The second-order valence-electron chi connectivity index (χ2n) is 5.64. The minimum Gasteiger partial charge on any atom is -0.497 e. The van der Waals surface area contributed by atoms with E-state index in [0.29, 0.717) is 6.42 Å². The summed E-state index contributed by atoms with van der Waals surface area (Å²) in [6.07, 6.45) is 0.626. The van der Waals surface area contributed by atoms with Crippen LogP contribution in [0.3, 0.4) is 0 Å². The van der Waals surface area contributed by atoms with Gasteiger partial charge < -0.3 is 9.47 Å². The molecule has 2 aromatic carbocycles. The first kappa shape index (κ1) is 17.3. The average Bonchev–Trinajstić information content (AvgIpc) is 3.13. The summed E-state index contributed by atoms with van der Waals surface area (Å²) in [6, 6.07) is 15.1. The number of alkyl halides is 1. The van der Waals surface area contributed by atoms with Gasteiger partial charge in [0, 0.05) is 6.42 Å². The van der Waals surface area contributed by atoms with Crippen molar-refractivity contribution in [3.8, 4) is 11.5 Å². The Morgan fingerprint density at radius 3 is 2.16 bits per heavy atom.